The Morgan fingerprint density at radius 1 is 1.06 bits per heavy atom. The fraction of sp³-hybridized carbons (Fsp3) is 0.619. The third kappa shape index (κ3) is 5.61. The predicted octanol–water partition coefficient (Wildman–Crippen LogP) is 1.91. The summed E-state index contributed by atoms with van der Waals surface area (Å²) in [7, 11) is -3.18. The molecule has 0 atom stereocenters. The maximum Gasteiger partial charge on any atom is 0.227 e. The molecule has 0 unspecified atom stereocenters. The van der Waals surface area contributed by atoms with Crippen molar-refractivity contribution in [3.8, 4) is 0 Å². The second-order valence-corrected chi connectivity index (χ2v) is 10.3. The van der Waals surface area contributed by atoms with Crippen molar-refractivity contribution in [3.63, 3.8) is 0 Å². The van der Waals surface area contributed by atoms with E-state index in [2.05, 4.69) is 19.7 Å². The third-order valence-corrected chi connectivity index (χ3v) is 7.48. The van der Waals surface area contributed by atoms with Crippen LogP contribution in [-0.2, 0) is 27.7 Å². The number of rotatable bonds is 7. The van der Waals surface area contributed by atoms with Gasteiger partial charge in [-0.15, -0.1) is 10.2 Å². The highest BCUT2D eigenvalue weighted by molar-refractivity contribution is 7.88. The van der Waals surface area contributed by atoms with Crippen molar-refractivity contribution in [1.82, 2.24) is 19.1 Å². The Hall–Kier alpha value is -2.04. The Morgan fingerprint density at radius 3 is 2.39 bits per heavy atom. The molecule has 2 fully saturated rings. The van der Waals surface area contributed by atoms with Gasteiger partial charge in [-0.1, -0.05) is 12.1 Å². The van der Waals surface area contributed by atoms with Gasteiger partial charge in [-0.3, -0.25) is 4.57 Å². The summed E-state index contributed by atoms with van der Waals surface area (Å²) in [5.74, 6) is 2.00. The first-order valence-electron chi connectivity index (χ1n) is 10.8. The van der Waals surface area contributed by atoms with Crippen molar-refractivity contribution in [1.29, 1.82) is 0 Å². The largest absolute Gasteiger partial charge is 0.381 e. The monoisotopic (exact) mass is 451 g/mol. The maximum atomic E-state index is 13.3. The molecule has 0 N–H and O–H groups in total. The highest BCUT2D eigenvalue weighted by atomic mass is 32.2. The molecule has 31 heavy (non-hydrogen) atoms. The number of ether oxygens (including phenoxy) is 1. The van der Waals surface area contributed by atoms with E-state index < -0.39 is 10.0 Å². The standard InChI is InChI=1S/C21H30FN5O3S/c1-31(28,29)26-12-10-25(11-13-26)21-24-23-20(16-18-2-4-19(22)5-3-18)27(21)9-6-17-7-14-30-15-8-17/h2-5,17H,6-16H2,1H3. The second-order valence-electron chi connectivity index (χ2n) is 8.36. The van der Waals surface area contributed by atoms with Crippen LogP contribution in [0.15, 0.2) is 24.3 Å². The molecule has 3 heterocycles. The molecule has 0 saturated carbocycles. The zero-order valence-electron chi connectivity index (χ0n) is 17.9. The number of nitrogens with zero attached hydrogens (tertiary/aromatic N) is 5. The summed E-state index contributed by atoms with van der Waals surface area (Å²) in [5, 5.41) is 8.94. The minimum absolute atomic E-state index is 0.255. The van der Waals surface area contributed by atoms with Crippen LogP contribution < -0.4 is 4.90 Å². The lowest BCUT2D eigenvalue weighted by atomic mass is 9.96. The molecule has 2 saturated heterocycles. The van der Waals surface area contributed by atoms with Gasteiger partial charge in [0, 0.05) is 52.4 Å². The maximum absolute atomic E-state index is 13.3. The van der Waals surface area contributed by atoms with E-state index in [1.54, 1.807) is 12.1 Å². The number of halogens is 1. The lowest BCUT2D eigenvalue weighted by molar-refractivity contribution is 0.0625. The number of benzene rings is 1. The summed E-state index contributed by atoms with van der Waals surface area (Å²) in [6.45, 7) is 4.48. The molecule has 170 valence electrons. The van der Waals surface area contributed by atoms with Crippen LogP contribution in [0.2, 0.25) is 0 Å². The summed E-state index contributed by atoms with van der Waals surface area (Å²) in [4.78, 5) is 2.12. The molecule has 0 aliphatic carbocycles. The van der Waals surface area contributed by atoms with Gasteiger partial charge >= 0.3 is 0 Å². The minimum Gasteiger partial charge on any atom is -0.381 e. The highest BCUT2D eigenvalue weighted by Gasteiger charge is 2.27. The summed E-state index contributed by atoms with van der Waals surface area (Å²) in [6.07, 6.45) is 4.98. The van der Waals surface area contributed by atoms with Gasteiger partial charge in [0.15, 0.2) is 0 Å². The average Bonchev–Trinajstić information content (AvgIpc) is 3.16. The zero-order chi connectivity index (χ0) is 21.8. The van der Waals surface area contributed by atoms with Crippen LogP contribution >= 0.6 is 0 Å². The van der Waals surface area contributed by atoms with Gasteiger partial charge in [-0.25, -0.2) is 12.8 Å². The van der Waals surface area contributed by atoms with Crippen molar-refractivity contribution in [2.75, 3.05) is 50.5 Å². The van der Waals surface area contributed by atoms with E-state index in [-0.39, 0.29) is 5.82 Å². The molecular formula is C21H30FN5O3S. The van der Waals surface area contributed by atoms with Gasteiger partial charge in [-0.2, -0.15) is 4.31 Å². The number of piperazine rings is 1. The van der Waals surface area contributed by atoms with E-state index in [4.69, 9.17) is 4.74 Å². The van der Waals surface area contributed by atoms with Gasteiger partial charge in [0.2, 0.25) is 16.0 Å². The number of hydrogen-bond donors (Lipinski definition) is 0. The number of sulfonamides is 1. The van der Waals surface area contributed by atoms with Gasteiger partial charge in [0.25, 0.3) is 0 Å². The van der Waals surface area contributed by atoms with Crippen LogP contribution in [0.3, 0.4) is 0 Å². The van der Waals surface area contributed by atoms with Crippen molar-refractivity contribution in [2.45, 2.75) is 32.2 Å². The Labute approximate surface area is 183 Å². The Morgan fingerprint density at radius 2 is 1.74 bits per heavy atom. The molecule has 0 radical (unpaired) electrons. The Bertz CT molecular complexity index is 965. The van der Waals surface area contributed by atoms with Gasteiger partial charge in [-0.05, 0) is 42.9 Å². The smallest absolute Gasteiger partial charge is 0.227 e. The van der Waals surface area contributed by atoms with E-state index in [1.807, 2.05) is 0 Å². The Balaban J connectivity index is 1.52. The normalized spacial score (nSPS) is 19.1. The molecule has 1 aromatic carbocycles. The minimum atomic E-state index is -3.18. The molecule has 8 nitrogen and oxygen atoms in total. The van der Waals surface area contributed by atoms with Crippen LogP contribution in [0.5, 0.6) is 0 Å². The van der Waals surface area contributed by atoms with Gasteiger partial charge < -0.3 is 9.64 Å². The predicted molar refractivity (Wildman–Crippen MR) is 116 cm³/mol. The summed E-state index contributed by atoms with van der Waals surface area (Å²) < 4.78 is 46.1. The lowest BCUT2D eigenvalue weighted by Gasteiger charge is -2.34. The number of aromatic nitrogens is 3. The van der Waals surface area contributed by atoms with Crippen molar-refractivity contribution in [3.05, 3.63) is 41.5 Å². The second kappa shape index (κ2) is 9.62. The topological polar surface area (TPSA) is 80.6 Å². The summed E-state index contributed by atoms with van der Waals surface area (Å²) in [5.41, 5.74) is 0.981. The molecule has 2 aromatic rings. The molecule has 10 heteroatoms. The van der Waals surface area contributed by atoms with Crippen LogP contribution in [0.1, 0.15) is 30.7 Å². The number of hydrogen-bond acceptors (Lipinski definition) is 6. The van der Waals surface area contributed by atoms with Crippen LogP contribution in [-0.4, -0.2) is 73.1 Å². The van der Waals surface area contributed by atoms with E-state index in [9.17, 15) is 12.8 Å². The quantitative estimate of drug-likeness (QED) is 0.640. The lowest BCUT2D eigenvalue weighted by Crippen LogP contribution is -2.49. The molecule has 1 aromatic heterocycles. The number of anilines is 1. The van der Waals surface area contributed by atoms with Crippen molar-refractivity contribution in [2.24, 2.45) is 5.92 Å². The first-order chi connectivity index (χ1) is 14.9. The molecule has 0 amide bonds. The first-order valence-corrected chi connectivity index (χ1v) is 12.7. The van der Waals surface area contributed by atoms with Crippen LogP contribution in [0.4, 0.5) is 10.3 Å². The van der Waals surface area contributed by atoms with Gasteiger partial charge in [0.05, 0.1) is 6.26 Å². The zero-order valence-corrected chi connectivity index (χ0v) is 18.7. The first kappa shape index (κ1) is 22.2. The van der Waals surface area contributed by atoms with E-state index in [0.29, 0.717) is 38.5 Å². The van der Waals surface area contributed by atoms with Gasteiger partial charge in [0.1, 0.15) is 11.6 Å². The van der Waals surface area contributed by atoms with Crippen molar-refractivity contribution < 1.29 is 17.5 Å². The molecule has 0 bridgehead atoms. The fourth-order valence-corrected chi connectivity index (χ4v) is 5.10. The molecule has 2 aliphatic heterocycles. The van der Waals surface area contributed by atoms with E-state index in [1.165, 1.54) is 22.7 Å². The molecule has 4 rings (SSSR count). The Kier molecular flexibility index (Phi) is 6.88. The fourth-order valence-electron chi connectivity index (χ4n) is 4.27. The summed E-state index contributed by atoms with van der Waals surface area (Å²) >= 11 is 0. The highest BCUT2D eigenvalue weighted by Crippen LogP contribution is 2.24. The molecule has 2 aliphatic rings. The van der Waals surface area contributed by atoms with E-state index in [0.717, 1.165) is 56.4 Å². The SMILES string of the molecule is CS(=O)(=O)N1CCN(c2nnc(Cc3ccc(F)cc3)n2CCC2CCOCC2)CC1. The van der Waals surface area contributed by atoms with Crippen LogP contribution in [0, 0.1) is 11.7 Å². The third-order valence-electron chi connectivity index (χ3n) is 6.18. The summed E-state index contributed by atoms with van der Waals surface area (Å²) in [6, 6.07) is 6.47. The molecule has 0 spiro atoms. The van der Waals surface area contributed by atoms with E-state index >= 15 is 0 Å². The van der Waals surface area contributed by atoms with Crippen LogP contribution in [0.25, 0.3) is 0 Å². The van der Waals surface area contributed by atoms with Crippen molar-refractivity contribution >= 4 is 16.0 Å². The molecular weight excluding hydrogens is 421 g/mol. The average molecular weight is 452 g/mol.